The van der Waals surface area contributed by atoms with Gasteiger partial charge in [-0.15, -0.1) is 0 Å². The molecule has 0 spiro atoms. The monoisotopic (exact) mass is 452 g/mol. The summed E-state index contributed by atoms with van der Waals surface area (Å²) in [6.07, 6.45) is 1.66. The van der Waals surface area contributed by atoms with Crippen molar-refractivity contribution in [3.05, 3.63) is 58.6 Å². The molecule has 2 aromatic carbocycles. The molecule has 1 amide bonds. The van der Waals surface area contributed by atoms with Gasteiger partial charge in [-0.3, -0.25) is 14.2 Å². The van der Waals surface area contributed by atoms with Crippen molar-refractivity contribution < 1.29 is 28.2 Å². The fraction of sp³-hybridized carbons (Fsp3) is 0.375. The van der Waals surface area contributed by atoms with E-state index < -0.39 is 11.7 Å². The first-order chi connectivity index (χ1) is 16.1. The number of amides is 1. The molecule has 1 unspecified atom stereocenters. The third-order valence-corrected chi connectivity index (χ3v) is 5.99. The van der Waals surface area contributed by atoms with Crippen molar-refractivity contribution in [2.24, 2.45) is 0 Å². The Kier molecular flexibility index (Phi) is 5.77. The summed E-state index contributed by atoms with van der Waals surface area (Å²) >= 11 is 0. The van der Waals surface area contributed by atoms with Crippen LogP contribution in [0.4, 0.5) is 0 Å². The van der Waals surface area contributed by atoms with Gasteiger partial charge in [-0.1, -0.05) is 18.2 Å². The Balaban J connectivity index is 1.17. The molecule has 0 radical (unpaired) electrons. The number of para-hydroxylation sites is 2. The molecule has 1 saturated heterocycles. The summed E-state index contributed by atoms with van der Waals surface area (Å²) in [6.45, 7) is 1.41. The molecular formula is C24H24N2O7. The van der Waals surface area contributed by atoms with E-state index in [1.807, 2.05) is 18.2 Å². The quantitative estimate of drug-likeness (QED) is 0.530. The minimum Gasteiger partial charge on any atom is -0.486 e. The Morgan fingerprint density at radius 2 is 1.88 bits per heavy atom. The maximum atomic E-state index is 12.8. The van der Waals surface area contributed by atoms with E-state index in [1.54, 1.807) is 29.2 Å². The first kappa shape index (κ1) is 21.1. The number of ether oxygens (including phenoxy) is 3. The lowest BCUT2D eigenvalue weighted by molar-refractivity contribution is -0.152. The summed E-state index contributed by atoms with van der Waals surface area (Å²) < 4.78 is 23.0. The van der Waals surface area contributed by atoms with Crippen LogP contribution in [0.15, 0.2) is 51.7 Å². The maximum Gasteiger partial charge on any atom is 0.419 e. The average molecular weight is 452 g/mol. The first-order valence-electron chi connectivity index (χ1n) is 11.0. The number of nitrogens with zero attached hydrogens (tertiary/aromatic N) is 2. The van der Waals surface area contributed by atoms with Gasteiger partial charge in [-0.25, -0.2) is 4.79 Å². The summed E-state index contributed by atoms with van der Waals surface area (Å²) in [5.41, 5.74) is 2.05. The van der Waals surface area contributed by atoms with E-state index in [9.17, 15) is 14.4 Å². The SMILES string of the molecule is O=C(CCn1c(=O)oc2ccccc21)OCC(=O)N1CCCC1c1ccc2c(c1)OCCO2. The maximum absolute atomic E-state index is 12.8. The molecule has 0 saturated carbocycles. The highest BCUT2D eigenvalue weighted by Gasteiger charge is 2.31. The number of benzene rings is 2. The smallest absolute Gasteiger partial charge is 0.419 e. The molecule has 2 aliphatic heterocycles. The largest absolute Gasteiger partial charge is 0.486 e. The number of hydrogen-bond acceptors (Lipinski definition) is 7. The van der Waals surface area contributed by atoms with Crippen LogP contribution in [0.1, 0.15) is 30.9 Å². The third-order valence-electron chi connectivity index (χ3n) is 5.99. The summed E-state index contributed by atoms with van der Waals surface area (Å²) in [7, 11) is 0. The van der Waals surface area contributed by atoms with Crippen molar-refractivity contribution in [3.63, 3.8) is 0 Å². The molecule has 0 N–H and O–H groups in total. The lowest BCUT2D eigenvalue weighted by Gasteiger charge is -2.26. The van der Waals surface area contributed by atoms with Gasteiger partial charge in [0.2, 0.25) is 0 Å². The molecule has 1 fully saturated rings. The third kappa shape index (κ3) is 4.30. The van der Waals surface area contributed by atoms with Crippen molar-refractivity contribution in [1.29, 1.82) is 0 Å². The number of oxazole rings is 1. The Morgan fingerprint density at radius 1 is 1.06 bits per heavy atom. The summed E-state index contributed by atoms with van der Waals surface area (Å²) in [5.74, 6) is 0.0764. The van der Waals surface area contributed by atoms with Crippen molar-refractivity contribution in [2.45, 2.75) is 31.8 Å². The van der Waals surface area contributed by atoms with Crippen LogP contribution in [0.25, 0.3) is 11.1 Å². The molecule has 5 rings (SSSR count). The Morgan fingerprint density at radius 3 is 2.76 bits per heavy atom. The zero-order valence-corrected chi connectivity index (χ0v) is 18.0. The van der Waals surface area contributed by atoms with Crippen molar-refractivity contribution in [1.82, 2.24) is 9.47 Å². The number of esters is 1. The second-order valence-corrected chi connectivity index (χ2v) is 8.05. The van der Waals surface area contributed by atoms with Gasteiger partial charge >= 0.3 is 11.7 Å². The van der Waals surface area contributed by atoms with Crippen LogP contribution in [0, 0.1) is 0 Å². The van der Waals surface area contributed by atoms with Crippen LogP contribution in [-0.2, 0) is 20.9 Å². The highest BCUT2D eigenvalue weighted by atomic mass is 16.6. The van der Waals surface area contributed by atoms with E-state index in [-0.39, 0.29) is 31.5 Å². The second kappa shape index (κ2) is 9.01. The summed E-state index contributed by atoms with van der Waals surface area (Å²) in [5, 5.41) is 0. The van der Waals surface area contributed by atoms with Gasteiger partial charge in [0.1, 0.15) is 13.2 Å². The molecule has 1 atom stereocenters. The standard InChI is InChI=1S/C24H24N2O7/c27-22(15-32-23(28)9-11-26-18-4-1-2-6-19(18)33-24(26)29)25-10-3-5-17(25)16-7-8-20-21(14-16)31-13-12-30-20/h1-2,4,6-8,14,17H,3,5,9-13,15H2. The van der Waals surface area contributed by atoms with Crippen LogP contribution in [0.5, 0.6) is 11.5 Å². The summed E-state index contributed by atoms with van der Waals surface area (Å²) in [4.78, 5) is 38.8. The second-order valence-electron chi connectivity index (χ2n) is 8.05. The van der Waals surface area contributed by atoms with Gasteiger partial charge in [0.15, 0.2) is 23.7 Å². The van der Waals surface area contributed by atoms with Gasteiger partial charge < -0.3 is 23.5 Å². The topological polar surface area (TPSA) is 100 Å². The first-order valence-corrected chi connectivity index (χ1v) is 11.0. The Hall–Kier alpha value is -3.75. The molecule has 9 nitrogen and oxygen atoms in total. The van der Waals surface area contributed by atoms with Gasteiger partial charge in [0, 0.05) is 13.1 Å². The number of carbonyl (C=O) groups excluding carboxylic acids is 2. The van der Waals surface area contributed by atoms with E-state index in [0.717, 1.165) is 18.4 Å². The zero-order chi connectivity index (χ0) is 22.8. The fourth-order valence-corrected chi connectivity index (χ4v) is 4.41. The van der Waals surface area contributed by atoms with Crippen LogP contribution in [0.2, 0.25) is 0 Å². The molecule has 172 valence electrons. The molecule has 33 heavy (non-hydrogen) atoms. The van der Waals surface area contributed by atoms with Gasteiger partial charge in [0.05, 0.1) is 18.0 Å². The number of carbonyl (C=O) groups is 2. The number of hydrogen-bond donors (Lipinski definition) is 0. The van der Waals surface area contributed by atoms with E-state index in [2.05, 4.69) is 0 Å². The number of likely N-dealkylation sites (tertiary alicyclic amines) is 1. The van der Waals surface area contributed by atoms with E-state index in [4.69, 9.17) is 18.6 Å². The zero-order valence-electron chi connectivity index (χ0n) is 18.0. The Bertz CT molecular complexity index is 1250. The Labute approximate surface area is 189 Å². The lowest BCUT2D eigenvalue weighted by Crippen LogP contribution is -2.34. The normalized spacial score (nSPS) is 17.3. The number of rotatable bonds is 6. The minimum atomic E-state index is -0.546. The fourth-order valence-electron chi connectivity index (χ4n) is 4.41. The van der Waals surface area contributed by atoms with E-state index in [0.29, 0.717) is 42.4 Å². The van der Waals surface area contributed by atoms with Crippen molar-refractivity contribution in [2.75, 3.05) is 26.4 Å². The molecule has 0 bridgehead atoms. The molecule has 1 aromatic heterocycles. The van der Waals surface area contributed by atoms with Crippen molar-refractivity contribution in [3.8, 4) is 11.5 Å². The molecule has 9 heteroatoms. The van der Waals surface area contributed by atoms with Gasteiger partial charge in [0.25, 0.3) is 5.91 Å². The summed E-state index contributed by atoms with van der Waals surface area (Å²) in [6, 6.07) is 12.6. The molecule has 3 aromatic rings. The average Bonchev–Trinajstić information content (AvgIpc) is 3.45. The lowest BCUT2D eigenvalue weighted by atomic mass is 10.0. The van der Waals surface area contributed by atoms with E-state index >= 15 is 0 Å². The molecule has 0 aliphatic carbocycles. The minimum absolute atomic E-state index is 0.0394. The highest BCUT2D eigenvalue weighted by Crippen LogP contribution is 2.38. The van der Waals surface area contributed by atoms with Crippen LogP contribution >= 0.6 is 0 Å². The number of aromatic nitrogens is 1. The van der Waals surface area contributed by atoms with Gasteiger partial charge in [-0.2, -0.15) is 0 Å². The molecular weight excluding hydrogens is 428 g/mol. The van der Waals surface area contributed by atoms with E-state index in [1.165, 1.54) is 4.57 Å². The predicted octanol–water partition coefficient (Wildman–Crippen LogP) is 2.66. The van der Waals surface area contributed by atoms with Crippen LogP contribution in [-0.4, -0.2) is 47.7 Å². The number of aryl methyl sites for hydroxylation is 1. The molecule has 3 heterocycles. The predicted molar refractivity (Wildman–Crippen MR) is 117 cm³/mol. The highest BCUT2D eigenvalue weighted by molar-refractivity contribution is 5.81. The number of fused-ring (bicyclic) bond motifs is 2. The van der Waals surface area contributed by atoms with Crippen LogP contribution in [0.3, 0.4) is 0 Å². The van der Waals surface area contributed by atoms with Crippen molar-refractivity contribution >= 4 is 23.0 Å². The molecule has 2 aliphatic rings. The van der Waals surface area contributed by atoms with Gasteiger partial charge in [-0.05, 0) is 42.7 Å². The van der Waals surface area contributed by atoms with Crippen LogP contribution < -0.4 is 15.2 Å².